The lowest BCUT2D eigenvalue weighted by molar-refractivity contribution is 1.17. The molecule has 3 heteroatoms. The summed E-state index contributed by atoms with van der Waals surface area (Å²) in [5, 5.41) is 7.75. The van der Waals surface area contributed by atoms with Gasteiger partial charge in [0.2, 0.25) is 0 Å². The van der Waals surface area contributed by atoms with Gasteiger partial charge in [-0.25, -0.2) is 0 Å². The van der Waals surface area contributed by atoms with Gasteiger partial charge in [-0.2, -0.15) is 0 Å². The van der Waals surface area contributed by atoms with Crippen LogP contribution < -0.4 is 0 Å². The van der Waals surface area contributed by atoms with E-state index in [0.717, 1.165) is 10.2 Å². The maximum atomic E-state index is 7.75. The molecule has 68 valence electrons. The fraction of sp³-hybridized carbons (Fsp3) is 0.200. The fourth-order valence-corrected chi connectivity index (χ4v) is 1.15. The first-order valence-electron chi connectivity index (χ1n) is 4.00. The van der Waals surface area contributed by atoms with Crippen LogP contribution >= 0.6 is 15.9 Å². The summed E-state index contributed by atoms with van der Waals surface area (Å²) < 4.78 is 0.769. The van der Waals surface area contributed by atoms with Crippen molar-refractivity contribution in [2.24, 2.45) is 0 Å². The third-order valence-electron chi connectivity index (χ3n) is 1.64. The van der Waals surface area contributed by atoms with Crippen molar-refractivity contribution >= 4 is 21.6 Å². The van der Waals surface area contributed by atoms with Crippen molar-refractivity contribution in [3.63, 3.8) is 0 Å². The van der Waals surface area contributed by atoms with Gasteiger partial charge < -0.3 is 0 Å². The minimum absolute atomic E-state index is 0.422. The molecule has 0 unspecified atom stereocenters. The number of hydrogen-bond donors (Lipinski definition) is 1. The van der Waals surface area contributed by atoms with Gasteiger partial charge in [0.25, 0.3) is 0 Å². The molecular formula is C10H11BrN2. The molecule has 1 rings (SSSR count). The number of aryl methyl sites for hydroxylation is 1. The topological polar surface area (TPSA) is 36.7 Å². The van der Waals surface area contributed by atoms with Crippen LogP contribution in [0.4, 0.5) is 0 Å². The van der Waals surface area contributed by atoms with Crippen LogP contribution in [-0.2, 0) is 0 Å². The number of aromatic nitrogens is 1. The van der Waals surface area contributed by atoms with E-state index >= 15 is 0 Å². The highest BCUT2D eigenvalue weighted by molar-refractivity contribution is 9.12. The Balaban J connectivity index is 3.03. The first-order valence-corrected chi connectivity index (χ1v) is 4.79. The van der Waals surface area contributed by atoms with Crippen LogP contribution in [0.1, 0.15) is 18.3 Å². The van der Waals surface area contributed by atoms with Gasteiger partial charge in [0.05, 0.1) is 11.4 Å². The van der Waals surface area contributed by atoms with Gasteiger partial charge in [-0.05, 0) is 41.9 Å². The van der Waals surface area contributed by atoms with Crippen LogP contribution in [0.15, 0.2) is 28.8 Å². The Labute approximate surface area is 86.3 Å². The molecule has 0 aromatic carbocycles. The molecule has 0 saturated heterocycles. The molecule has 0 saturated carbocycles. The molecule has 0 aliphatic carbocycles. The molecule has 0 spiro atoms. The van der Waals surface area contributed by atoms with Gasteiger partial charge in [-0.15, -0.1) is 0 Å². The quantitative estimate of drug-likeness (QED) is 0.791. The summed E-state index contributed by atoms with van der Waals surface area (Å²) in [4.78, 5) is 4.25. The minimum Gasteiger partial charge on any atom is -0.297 e. The van der Waals surface area contributed by atoms with E-state index in [2.05, 4.69) is 20.9 Å². The Morgan fingerprint density at radius 1 is 1.54 bits per heavy atom. The molecule has 13 heavy (non-hydrogen) atoms. The molecule has 0 aliphatic rings. The molecule has 0 aliphatic heterocycles. The Morgan fingerprint density at radius 3 is 2.77 bits per heavy atom. The fourth-order valence-electron chi connectivity index (χ4n) is 0.949. The van der Waals surface area contributed by atoms with Crippen molar-refractivity contribution in [1.29, 1.82) is 5.41 Å². The van der Waals surface area contributed by atoms with Crippen molar-refractivity contribution in [2.45, 2.75) is 13.8 Å². The standard InChI is InChI=1S/C10H11BrN2/c1-3-8(11)10(12)9-6-4-5-7(2)13-9/h3-6,12H,1-2H3/b8-3+,12-10?. The molecular weight excluding hydrogens is 228 g/mol. The second-order valence-corrected chi connectivity index (χ2v) is 3.53. The van der Waals surface area contributed by atoms with E-state index in [1.54, 1.807) is 0 Å². The highest BCUT2D eigenvalue weighted by Crippen LogP contribution is 2.12. The maximum Gasteiger partial charge on any atom is 0.0935 e. The number of pyridine rings is 1. The number of halogens is 1. The van der Waals surface area contributed by atoms with Crippen LogP contribution in [-0.4, -0.2) is 10.7 Å². The highest BCUT2D eigenvalue weighted by Gasteiger charge is 2.04. The Kier molecular flexibility index (Phi) is 3.37. The minimum atomic E-state index is 0.422. The molecule has 0 amide bonds. The largest absolute Gasteiger partial charge is 0.297 e. The van der Waals surface area contributed by atoms with Crippen LogP contribution in [0.5, 0.6) is 0 Å². The van der Waals surface area contributed by atoms with E-state index in [0.29, 0.717) is 11.4 Å². The number of rotatable bonds is 2. The Morgan fingerprint density at radius 2 is 2.23 bits per heavy atom. The predicted molar refractivity (Wildman–Crippen MR) is 58.5 cm³/mol. The van der Waals surface area contributed by atoms with Crippen LogP contribution in [0.25, 0.3) is 0 Å². The zero-order valence-corrected chi connectivity index (χ0v) is 9.22. The number of nitrogens with one attached hydrogen (secondary N) is 1. The van der Waals surface area contributed by atoms with Crippen LogP contribution in [0, 0.1) is 12.3 Å². The number of nitrogens with zero attached hydrogens (tertiary/aromatic N) is 1. The molecule has 1 aromatic heterocycles. The van der Waals surface area contributed by atoms with E-state index in [9.17, 15) is 0 Å². The lowest BCUT2D eigenvalue weighted by Gasteiger charge is -2.02. The summed E-state index contributed by atoms with van der Waals surface area (Å²) in [5.74, 6) is 0. The van der Waals surface area contributed by atoms with Crippen LogP contribution in [0.3, 0.4) is 0 Å². The predicted octanol–water partition coefficient (Wildman–Crippen LogP) is 3.06. The van der Waals surface area contributed by atoms with Gasteiger partial charge in [0.15, 0.2) is 0 Å². The summed E-state index contributed by atoms with van der Waals surface area (Å²) in [6.07, 6.45) is 1.84. The smallest absolute Gasteiger partial charge is 0.0935 e. The van der Waals surface area contributed by atoms with Crippen molar-refractivity contribution in [3.05, 3.63) is 40.1 Å². The van der Waals surface area contributed by atoms with E-state index in [-0.39, 0.29) is 0 Å². The number of allylic oxidation sites excluding steroid dienone is 2. The summed E-state index contributed by atoms with van der Waals surface area (Å²) >= 11 is 3.30. The monoisotopic (exact) mass is 238 g/mol. The molecule has 0 radical (unpaired) electrons. The van der Waals surface area contributed by atoms with Gasteiger partial charge in [-0.1, -0.05) is 12.1 Å². The van der Waals surface area contributed by atoms with Gasteiger partial charge in [0.1, 0.15) is 0 Å². The zero-order valence-electron chi connectivity index (χ0n) is 7.63. The summed E-state index contributed by atoms with van der Waals surface area (Å²) in [6.45, 7) is 3.80. The highest BCUT2D eigenvalue weighted by atomic mass is 79.9. The van der Waals surface area contributed by atoms with Crippen molar-refractivity contribution in [2.75, 3.05) is 0 Å². The molecule has 0 bridgehead atoms. The SMILES string of the molecule is C/C=C(/Br)C(=N)c1cccc(C)n1. The first-order chi connectivity index (χ1) is 6.15. The molecule has 0 atom stereocenters. The first kappa shape index (κ1) is 10.1. The van der Waals surface area contributed by atoms with Gasteiger partial charge in [0, 0.05) is 10.2 Å². The molecule has 1 aromatic rings. The Hall–Kier alpha value is -0.960. The molecule has 1 heterocycles. The lowest BCUT2D eigenvalue weighted by Crippen LogP contribution is -2.02. The second-order valence-electron chi connectivity index (χ2n) is 2.68. The van der Waals surface area contributed by atoms with Gasteiger partial charge in [-0.3, -0.25) is 10.4 Å². The lowest BCUT2D eigenvalue weighted by atomic mass is 10.2. The van der Waals surface area contributed by atoms with Gasteiger partial charge >= 0.3 is 0 Å². The summed E-state index contributed by atoms with van der Waals surface area (Å²) in [5.41, 5.74) is 2.05. The van der Waals surface area contributed by atoms with Crippen molar-refractivity contribution in [3.8, 4) is 0 Å². The number of hydrogen-bond acceptors (Lipinski definition) is 2. The molecule has 0 fully saturated rings. The Bertz CT molecular complexity index is 356. The molecule has 1 N–H and O–H groups in total. The van der Waals surface area contributed by atoms with E-state index in [1.165, 1.54) is 0 Å². The van der Waals surface area contributed by atoms with Crippen molar-refractivity contribution < 1.29 is 0 Å². The third kappa shape index (κ3) is 2.49. The average Bonchev–Trinajstić information content (AvgIpc) is 2.15. The van der Waals surface area contributed by atoms with E-state index < -0.39 is 0 Å². The summed E-state index contributed by atoms with van der Waals surface area (Å²) in [7, 11) is 0. The normalized spacial score (nSPS) is 11.5. The van der Waals surface area contributed by atoms with E-state index in [1.807, 2.05) is 38.1 Å². The zero-order chi connectivity index (χ0) is 9.84. The molecule has 2 nitrogen and oxygen atoms in total. The van der Waals surface area contributed by atoms with Crippen LogP contribution in [0.2, 0.25) is 0 Å². The average molecular weight is 239 g/mol. The third-order valence-corrected chi connectivity index (χ3v) is 2.49. The maximum absolute atomic E-state index is 7.75. The van der Waals surface area contributed by atoms with E-state index in [4.69, 9.17) is 5.41 Å². The van der Waals surface area contributed by atoms with Crippen molar-refractivity contribution in [1.82, 2.24) is 4.98 Å². The summed E-state index contributed by atoms with van der Waals surface area (Å²) in [6, 6.07) is 5.66. The second kappa shape index (κ2) is 4.33.